The largest absolute Gasteiger partial charge is 0.462 e. The van der Waals surface area contributed by atoms with E-state index >= 15 is 0 Å². The molecule has 0 amide bonds. The average Bonchev–Trinajstić information content (AvgIpc) is 2.90. The summed E-state index contributed by atoms with van der Waals surface area (Å²) in [6.45, 7) is 6.49. The second-order valence-corrected chi connectivity index (χ2v) is 6.29. The first-order chi connectivity index (χ1) is 11.6. The fraction of sp³-hybridized carbons (Fsp3) is 0.294. The first kappa shape index (κ1) is 16.3. The number of nitrogens with zero attached hydrogens (tertiary/aromatic N) is 3. The smallest absolute Gasteiger partial charge is 0.348 e. The number of thiophene rings is 1. The highest BCUT2D eigenvalue weighted by Crippen LogP contribution is 2.34. The van der Waals surface area contributed by atoms with Crippen LogP contribution >= 0.6 is 11.3 Å². The van der Waals surface area contributed by atoms with Gasteiger partial charge in [0.1, 0.15) is 21.3 Å². The van der Waals surface area contributed by atoms with Crippen LogP contribution in [0.25, 0.3) is 10.2 Å². The van der Waals surface area contributed by atoms with Crippen LogP contribution in [-0.4, -0.2) is 27.5 Å². The molecule has 0 unspecified atom stereocenters. The second kappa shape index (κ2) is 6.92. The van der Waals surface area contributed by atoms with E-state index in [2.05, 4.69) is 20.3 Å². The molecule has 3 aromatic rings. The Bertz CT molecular complexity index is 877. The molecule has 0 aliphatic carbocycles. The number of ether oxygens (including phenoxy) is 1. The molecule has 0 aromatic carbocycles. The molecule has 3 rings (SSSR count). The molecule has 0 bridgehead atoms. The van der Waals surface area contributed by atoms with Crippen LogP contribution in [0.1, 0.15) is 33.5 Å². The predicted molar refractivity (Wildman–Crippen MR) is 94.4 cm³/mol. The standard InChI is InChI=1S/C17H18N4O2S/c1-4-23-17(22)14-10(2)13-15(20-11(3)21-16(13)24-14)19-9-12-6-5-7-18-8-12/h5-8H,4,9H2,1-3H3,(H,19,20,21). The maximum absolute atomic E-state index is 12.1. The van der Waals surface area contributed by atoms with E-state index in [9.17, 15) is 4.79 Å². The summed E-state index contributed by atoms with van der Waals surface area (Å²) >= 11 is 1.34. The minimum atomic E-state index is -0.311. The number of aromatic nitrogens is 3. The Morgan fingerprint density at radius 1 is 1.33 bits per heavy atom. The van der Waals surface area contributed by atoms with Crippen LogP contribution in [-0.2, 0) is 11.3 Å². The SMILES string of the molecule is CCOC(=O)c1sc2nc(C)nc(NCc3cccnc3)c2c1C. The van der Waals surface area contributed by atoms with E-state index in [0.29, 0.717) is 23.9 Å². The van der Waals surface area contributed by atoms with Gasteiger partial charge in [-0.2, -0.15) is 0 Å². The van der Waals surface area contributed by atoms with Crippen molar-refractivity contribution in [3.63, 3.8) is 0 Å². The van der Waals surface area contributed by atoms with Crippen molar-refractivity contribution in [3.8, 4) is 0 Å². The summed E-state index contributed by atoms with van der Waals surface area (Å²) in [5.74, 6) is 1.08. The Balaban J connectivity index is 1.99. The quantitative estimate of drug-likeness (QED) is 0.715. The van der Waals surface area contributed by atoms with E-state index in [1.165, 1.54) is 11.3 Å². The van der Waals surface area contributed by atoms with Gasteiger partial charge in [0.15, 0.2) is 0 Å². The number of fused-ring (bicyclic) bond motifs is 1. The van der Waals surface area contributed by atoms with Crippen molar-refractivity contribution in [1.82, 2.24) is 15.0 Å². The monoisotopic (exact) mass is 342 g/mol. The molecular weight excluding hydrogens is 324 g/mol. The number of rotatable bonds is 5. The summed E-state index contributed by atoms with van der Waals surface area (Å²) in [5.41, 5.74) is 1.91. The number of nitrogens with one attached hydrogen (secondary N) is 1. The molecule has 0 aliphatic rings. The minimum Gasteiger partial charge on any atom is -0.462 e. The third-order valence-corrected chi connectivity index (χ3v) is 4.71. The number of anilines is 1. The first-order valence-corrected chi connectivity index (χ1v) is 8.49. The number of hydrogen-bond donors (Lipinski definition) is 1. The Labute approximate surface area is 143 Å². The molecule has 24 heavy (non-hydrogen) atoms. The van der Waals surface area contributed by atoms with Crippen LogP contribution in [0, 0.1) is 13.8 Å². The normalized spacial score (nSPS) is 10.8. The highest BCUT2D eigenvalue weighted by Gasteiger charge is 2.20. The molecule has 3 aromatic heterocycles. The predicted octanol–water partition coefficient (Wildman–Crippen LogP) is 3.49. The topological polar surface area (TPSA) is 77.0 Å². The van der Waals surface area contributed by atoms with Crippen molar-refractivity contribution < 1.29 is 9.53 Å². The van der Waals surface area contributed by atoms with E-state index in [1.54, 1.807) is 13.1 Å². The lowest BCUT2D eigenvalue weighted by atomic mass is 10.2. The lowest BCUT2D eigenvalue weighted by molar-refractivity contribution is 0.0531. The number of esters is 1. The van der Waals surface area contributed by atoms with Gasteiger partial charge in [0.05, 0.1) is 12.0 Å². The van der Waals surface area contributed by atoms with Crippen molar-refractivity contribution in [1.29, 1.82) is 0 Å². The number of hydrogen-bond acceptors (Lipinski definition) is 7. The molecular formula is C17H18N4O2S. The zero-order chi connectivity index (χ0) is 17.1. The van der Waals surface area contributed by atoms with Crippen molar-refractivity contribution in [3.05, 3.63) is 46.4 Å². The van der Waals surface area contributed by atoms with Crippen molar-refractivity contribution in [2.24, 2.45) is 0 Å². The fourth-order valence-corrected chi connectivity index (χ4v) is 3.57. The summed E-state index contributed by atoms with van der Waals surface area (Å²) < 4.78 is 5.13. The Kier molecular flexibility index (Phi) is 4.71. The molecule has 124 valence electrons. The van der Waals surface area contributed by atoms with Crippen LogP contribution in [0.5, 0.6) is 0 Å². The molecule has 0 fully saturated rings. The van der Waals surface area contributed by atoms with E-state index in [1.807, 2.05) is 32.2 Å². The summed E-state index contributed by atoms with van der Waals surface area (Å²) in [6.07, 6.45) is 3.55. The Hall–Kier alpha value is -2.54. The third kappa shape index (κ3) is 3.21. The molecule has 6 nitrogen and oxygen atoms in total. The number of pyridine rings is 1. The van der Waals surface area contributed by atoms with Crippen LogP contribution in [0.2, 0.25) is 0 Å². The van der Waals surface area contributed by atoms with Crippen LogP contribution in [0.3, 0.4) is 0 Å². The van der Waals surface area contributed by atoms with Gasteiger partial charge in [0, 0.05) is 18.9 Å². The maximum atomic E-state index is 12.1. The van der Waals surface area contributed by atoms with Crippen LogP contribution in [0.4, 0.5) is 5.82 Å². The second-order valence-electron chi connectivity index (χ2n) is 5.29. The van der Waals surface area contributed by atoms with Crippen molar-refractivity contribution in [2.45, 2.75) is 27.3 Å². The Morgan fingerprint density at radius 3 is 2.88 bits per heavy atom. The van der Waals surface area contributed by atoms with E-state index in [0.717, 1.165) is 27.2 Å². The fourth-order valence-electron chi connectivity index (χ4n) is 2.45. The molecule has 0 spiro atoms. The highest BCUT2D eigenvalue weighted by molar-refractivity contribution is 7.20. The average molecular weight is 342 g/mol. The molecule has 1 N–H and O–H groups in total. The van der Waals surface area contributed by atoms with Gasteiger partial charge in [-0.25, -0.2) is 14.8 Å². The van der Waals surface area contributed by atoms with Crippen LogP contribution < -0.4 is 5.32 Å². The molecule has 0 radical (unpaired) electrons. The molecule has 0 aliphatic heterocycles. The zero-order valence-electron chi connectivity index (χ0n) is 13.8. The van der Waals surface area contributed by atoms with Gasteiger partial charge in [-0.05, 0) is 38.0 Å². The molecule has 0 atom stereocenters. The van der Waals surface area contributed by atoms with Gasteiger partial charge in [-0.1, -0.05) is 6.07 Å². The van der Waals surface area contributed by atoms with Gasteiger partial charge >= 0.3 is 5.97 Å². The van der Waals surface area contributed by atoms with Gasteiger partial charge in [-0.3, -0.25) is 4.98 Å². The van der Waals surface area contributed by atoms with E-state index < -0.39 is 0 Å². The van der Waals surface area contributed by atoms with Gasteiger partial charge in [0.25, 0.3) is 0 Å². The van der Waals surface area contributed by atoms with Gasteiger partial charge in [0.2, 0.25) is 0 Å². The van der Waals surface area contributed by atoms with E-state index in [4.69, 9.17) is 4.74 Å². The van der Waals surface area contributed by atoms with Crippen molar-refractivity contribution in [2.75, 3.05) is 11.9 Å². The zero-order valence-corrected chi connectivity index (χ0v) is 14.6. The molecule has 3 heterocycles. The van der Waals surface area contributed by atoms with Crippen molar-refractivity contribution >= 4 is 33.3 Å². The number of carbonyl (C=O) groups is 1. The van der Waals surface area contributed by atoms with Gasteiger partial charge in [-0.15, -0.1) is 11.3 Å². The van der Waals surface area contributed by atoms with Crippen LogP contribution in [0.15, 0.2) is 24.5 Å². The summed E-state index contributed by atoms with van der Waals surface area (Å²) in [7, 11) is 0. The molecule has 7 heteroatoms. The third-order valence-electron chi connectivity index (χ3n) is 3.55. The lowest BCUT2D eigenvalue weighted by Gasteiger charge is -2.08. The summed E-state index contributed by atoms with van der Waals surface area (Å²) in [6, 6.07) is 3.89. The minimum absolute atomic E-state index is 0.311. The maximum Gasteiger partial charge on any atom is 0.348 e. The highest BCUT2D eigenvalue weighted by atomic mass is 32.1. The van der Waals surface area contributed by atoms with E-state index in [-0.39, 0.29) is 5.97 Å². The first-order valence-electron chi connectivity index (χ1n) is 7.67. The molecule has 0 saturated heterocycles. The molecule has 0 saturated carbocycles. The summed E-state index contributed by atoms with van der Waals surface area (Å²) in [4.78, 5) is 26.6. The Morgan fingerprint density at radius 2 is 2.17 bits per heavy atom. The number of carbonyl (C=O) groups excluding carboxylic acids is 1. The lowest BCUT2D eigenvalue weighted by Crippen LogP contribution is -2.05. The number of aryl methyl sites for hydroxylation is 2. The van der Waals surface area contributed by atoms with Gasteiger partial charge < -0.3 is 10.1 Å². The summed E-state index contributed by atoms with van der Waals surface area (Å²) in [5, 5.41) is 4.21.